The first-order valence-electron chi connectivity index (χ1n) is 9.73. The Labute approximate surface area is 141 Å². The summed E-state index contributed by atoms with van der Waals surface area (Å²) >= 11 is 0. The van der Waals surface area contributed by atoms with Gasteiger partial charge in [-0.2, -0.15) is 0 Å². The van der Waals surface area contributed by atoms with Crippen LogP contribution in [0.5, 0.6) is 0 Å². The number of nitrogens with one attached hydrogen (secondary N) is 2. The predicted molar refractivity (Wildman–Crippen MR) is 94.6 cm³/mol. The molecular formula is C21H34N2+2. The largest absolute Gasteiger partial charge is 0.323 e. The zero-order valence-corrected chi connectivity index (χ0v) is 15.2. The highest BCUT2D eigenvalue weighted by Gasteiger charge is 2.64. The van der Waals surface area contributed by atoms with E-state index in [9.17, 15) is 0 Å². The van der Waals surface area contributed by atoms with Crippen LogP contribution < -0.4 is 9.80 Å². The Morgan fingerprint density at radius 3 is 2.26 bits per heavy atom. The fourth-order valence-electron chi connectivity index (χ4n) is 6.16. The van der Waals surface area contributed by atoms with Gasteiger partial charge in [0, 0.05) is 17.4 Å². The normalized spacial score (nSPS) is 42.0. The summed E-state index contributed by atoms with van der Waals surface area (Å²) in [5.74, 6) is 0.986. The summed E-state index contributed by atoms with van der Waals surface area (Å²) in [6, 6.07) is 12.0. The average Bonchev–Trinajstić information content (AvgIpc) is 2.90. The van der Waals surface area contributed by atoms with Crippen molar-refractivity contribution in [3.63, 3.8) is 0 Å². The van der Waals surface area contributed by atoms with Crippen LogP contribution in [-0.4, -0.2) is 32.2 Å². The van der Waals surface area contributed by atoms with E-state index < -0.39 is 0 Å². The van der Waals surface area contributed by atoms with E-state index in [4.69, 9.17) is 0 Å². The van der Waals surface area contributed by atoms with Crippen molar-refractivity contribution < 1.29 is 9.80 Å². The van der Waals surface area contributed by atoms with Gasteiger partial charge in [-0.05, 0) is 24.2 Å². The standard InChI is InChI=1S/C21H32N2/c1-20(2)18-9-10-21(20,3)19(15-18)23-13-11-22(12-14-23)16-17-7-5-4-6-8-17/h4-8,18-19H,9-16H2,1-3H3/p+2/t18-,19-,21+/m1/s1. The average molecular weight is 315 g/mol. The van der Waals surface area contributed by atoms with Crippen LogP contribution in [0.25, 0.3) is 0 Å². The van der Waals surface area contributed by atoms with Crippen LogP contribution in [0, 0.1) is 16.7 Å². The molecule has 23 heavy (non-hydrogen) atoms. The molecule has 2 saturated carbocycles. The highest BCUT2D eigenvalue weighted by atomic mass is 15.3. The second-order valence-corrected chi connectivity index (χ2v) is 9.23. The number of piperazine rings is 1. The Bertz CT molecular complexity index is 544. The Hall–Kier alpha value is -0.860. The fraction of sp³-hybridized carbons (Fsp3) is 0.714. The summed E-state index contributed by atoms with van der Waals surface area (Å²) < 4.78 is 0. The molecule has 2 heteroatoms. The van der Waals surface area contributed by atoms with Gasteiger partial charge in [-0.25, -0.2) is 0 Å². The van der Waals surface area contributed by atoms with Crippen LogP contribution in [0.3, 0.4) is 0 Å². The first-order valence-corrected chi connectivity index (χ1v) is 9.73. The third kappa shape index (κ3) is 2.46. The molecule has 1 heterocycles. The van der Waals surface area contributed by atoms with E-state index in [0.29, 0.717) is 10.8 Å². The Balaban J connectivity index is 1.37. The van der Waals surface area contributed by atoms with Crippen LogP contribution >= 0.6 is 0 Å². The van der Waals surface area contributed by atoms with E-state index >= 15 is 0 Å². The van der Waals surface area contributed by atoms with Crippen LogP contribution in [-0.2, 0) is 6.54 Å². The monoisotopic (exact) mass is 314 g/mol. The summed E-state index contributed by atoms with van der Waals surface area (Å²) in [5, 5.41) is 0. The SMILES string of the molecule is CC1(C)[C@@H]2CC[C@@]1(C)[C@H]([NH+]1CC[NH+](Cc3ccccc3)CC1)C2. The topological polar surface area (TPSA) is 8.88 Å². The molecule has 0 spiro atoms. The summed E-state index contributed by atoms with van der Waals surface area (Å²) in [7, 11) is 0. The molecule has 2 N–H and O–H groups in total. The van der Waals surface area contributed by atoms with Crippen molar-refractivity contribution in [3.8, 4) is 0 Å². The van der Waals surface area contributed by atoms with E-state index in [2.05, 4.69) is 51.1 Å². The molecule has 3 aliphatic rings. The van der Waals surface area contributed by atoms with Gasteiger partial charge >= 0.3 is 0 Å². The van der Waals surface area contributed by atoms with Gasteiger partial charge in [0.15, 0.2) is 0 Å². The summed E-state index contributed by atoms with van der Waals surface area (Å²) in [6.45, 7) is 14.4. The lowest BCUT2D eigenvalue weighted by atomic mass is 9.68. The summed E-state index contributed by atoms with van der Waals surface area (Å²) in [4.78, 5) is 3.71. The Morgan fingerprint density at radius 1 is 1.00 bits per heavy atom. The molecule has 1 aromatic carbocycles. The molecule has 3 fully saturated rings. The van der Waals surface area contributed by atoms with Crippen molar-refractivity contribution in [3.05, 3.63) is 35.9 Å². The molecule has 126 valence electrons. The minimum Gasteiger partial charge on any atom is -0.323 e. The van der Waals surface area contributed by atoms with Gasteiger partial charge in [0.05, 0.1) is 6.04 Å². The molecule has 2 bridgehead atoms. The maximum Gasteiger partial charge on any atom is 0.127 e. The van der Waals surface area contributed by atoms with E-state index in [1.165, 1.54) is 57.5 Å². The highest BCUT2D eigenvalue weighted by Crippen LogP contribution is 2.64. The lowest BCUT2D eigenvalue weighted by Crippen LogP contribution is -3.29. The molecule has 2 nitrogen and oxygen atoms in total. The molecule has 1 aromatic rings. The molecule has 1 saturated heterocycles. The number of fused-ring (bicyclic) bond motifs is 2. The van der Waals surface area contributed by atoms with E-state index in [1.54, 1.807) is 4.90 Å². The van der Waals surface area contributed by atoms with Crippen molar-refractivity contribution in [2.24, 2.45) is 16.7 Å². The number of hydrogen-bond acceptors (Lipinski definition) is 0. The third-order valence-electron chi connectivity index (χ3n) is 8.18. The maximum atomic E-state index is 2.61. The number of hydrogen-bond donors (Lipinski definition) is 2. The van der Waals surface area contributed by atoms with Gasteiger partial charge in [-0.15, -0.1) is 0 Å². The van der Waals surface area contributed by atoms with Crippen molar-refractivity contribution in [1.82, 2.24) is 0 Å². The Morgan fingerprint density at radius 2 is 1.70 bits per heavy atom. The lowest BCUT2D eigenvalue weighted by Gasteiger charge is -2.43. The van der Waals surface area contributed by atoms with Gasteiger partial charge in [0.2, 0.25) is 0 Å². The molecule has 1 aliphatic heterocycles. The first-order chi connectivity index (χ1) is 11.0. The van der Waals surface area contributed by atoms with Crippen LogP contribution in [0.2, 0.25) is 0 Å². The second-order valence-electron chi connectivity index (χ2n) is 9.23. The van der Waals surface area contributed by atoms with Gasteiger partial charge in [-0.1, -0.05) is 51.1 Å². The molecular weight excluding hydrogens is 280 g/mol. The van der Waals surface area contributed by atoms with Gasteiger partial charge in [0.25, 0.3) is 0 Å². The van der Waals surface area contributed by atoms with E-state index in [1.807, 2.05) is 4.90 Å². The molecule has 2 aliphatic carbocycles. The summed E-state index contributed by atoms with van der Waals surface area (Å²) in [5.41, 5.74) is 2.65. The zero-order valence-electron chi connectivity index (χ0n) is 15.2. The molecule has 0 amide bonds. The smallest absolute Gasteiger partial charge is 0.127 e. The van der Waals surface area contributed by atoms with Crippen molar-refractivity contribution in [2.45, 2.75) is 52.6 Å². The molecule has 0 unspecified atom stereocenters. The van der Waals surface area contributed by atoms with Gasteiger partial charge in [-0.3, -0.25) is 0 Å². The lowest BCUT2D eigenvalue weighted by molar-refractivity contribution is -1.03. The van der Waals surface area contributed by atoms with Gasteiger partial charge in [0.1, 0.15) is 32.7 Å². The van der Waals surface area contributed by atoms with Crippen LogP contribution in [0.15, 0.2) is 30.3 Å². The van der Waals surface area contributed by atoms with Crippen molar-refractivity contribution in [2.75, 3.05) is 26.2 Å². The highest BCUT2D eigenvalue weighted by molar-refractivity contribution is 5.13. The third-order valence-corrected chi connectivity index (χ3v) is 8.18. The second kappa shape index (κ2) is 5.60. The molecule has 3 atom stereocenters. The summed E-state index contributed by atoms with van der Waals surface area (Å²) in [6.07, 6.45) is 4.45. The van der Waals surface area contributed by atoms with Crippen molar-refractivity contribution in [1.29, 1.82) is 0 Å². The Kier molecular flexibility index (Phi) is 3.81. The van der Waals surface area contributed by atoms with E-state index in [0.717, 1.165) is 12.0 Å². The minimum atomic E-state index is 0.568. The minimum absolute atomic E-state index is 0.568. The van der Waals surface area contributed by atoms with Crippen molar-refractivity contribution >= 4 is 0 Å². The van der Waals surface area contributed by atoms with Gasteiger partial charge < -0.3 is 9.80 Å². The van der Waals surface area contributed by atoms with Crippen LogP contribution in [0.1, 0.15) is 45.6 Å². The van der Waals surface area contributed by atoms with Crippen LogP contribution in [0.4, 0.5) is 0 Å². The molecule has 4 rings (SSSR count). The molecule has 0 aromatic heterocycles. The fourth-order valence-corrected chi connectivity index (χ4v) is 6.16. The molecule has 0 radical (unpaired) electrons. The first kappa shape index (κ1) is 15.7. The quantitative estimate of drug-likeness (QED) is 0.829. The zero-order chi connectivity index (χ0) is 16.1. The number of benzene rings is 1. The number of rotatable bonds is 3. The maximum absolute atomic E-state index is 2.61. The number of quaternary nitrogens is 2. The van der Waals surface area contributed by atoms with E-state index in [-0.39, 0.29) is 0 Å². The predicted octanol–water partition coefficient (Wildman–Crippen LogP) is 1.18.